The van der Waals surface area contributed by atoms with Gasteiger partial charge in [0.1, 0.15) is 17.3 Å². The number of anilines is 15. The Bertz CT molecular complexity index is 5190. The lowest BCUT2D eigenvalue weighted by Crippen LogP contribution is -2.64. The lowest BCUT2D eigenvalue weighted by atomic mass is 9.31. The van der Waals surface area contributed by atoms with Gasteiger partial charge in [-0.15, -0.1) is 0 Å². The lowest BCUT2D eigenvalue weighted by Gasteiger charge is -2.46. The second-order valence-electron chi connectivity index (χ2n) is 24.2. The Balaban J connectivity index is 0.916. The van der Waals surface area contributed by atoms with Crippen LogP contribution in [0.4, 0.5) is 94.1 Å². The van der Waals surface area contributed by atoms with E-state index in [0.29, 0.717) is 11.4 Å². The van der Waals surface area contributed by atoms with Gasteiger partial charge in [-0.2, -0.15) is 0 Å². The molecule has 4 heterocycles. The van der Waals surface area contributed by atoms with Crippen LogP contribution in [0.25, 0.3) is 22.3 Å². The van der Waals surface area contributed by atoms with Gasteiger partial charge in [0.2, 0.25) is 6.71 Å². The first-order chi connectivity index (χ1) is 46.5. The summed E-state index contributed by atoms with van der Waals surface area (Å²) in [6, 6.07) is 116. The highest BCUT2D eigenvalue weighted by Crippen LogP contribution is 2.52. The number of rotatable bonds is 11. The van der Waals surface area contributed by atoms with E-state index in [1.165, 1.54) is 29.1 Å². The molecule has 18 rings (SSSR count). The van der Waals surface area contributed by atoms with Crippen LogP contribution >= 0.6 is 11.8 Å². The highest BCUT2D eigenvalue weighted by Gasteiger charge is 2.48. The van der Waals surface area contributed by atoms with Gasteiger partial charge in [-0.3, -0.25) is 0 Å². The molecule has 0 unspecified atom stereocenters. The molecule has 5 nitrogen and oxygen atoms in total. The molecule has 10 heteroatoms. The zero-order chi connectivity index (χ0) is 62.4. The normalized spacial score (nSPS) is 12.9. The van der Waals surface area contributed by atoms with Gasteiger partial charge in [0.25, 0.3) is 6.71 Å². The van der Waals surface area contributed by atoms with Gasteiger partial charge in [-0.05, 0) is 177 Å². The number of para-hydroxylation sites is 7. The molecule has 0 bridgehead atoms. The zero-order valence-corrected chi connectivity index (χ0v) is 51.6. The Morgan fingerprint density at radius 2 is 0.670 bits per heavy atom. The monoisotopic (exact) mass is 1230 g/mol. The maximum atomic E-state index is 17.8. The first kappa shape index (κ1) is 55.3. The quantitative estimate of drug-likeness (QED) is 0.119. The zero-order valence-electron chi connectivity index (χ0n) is 50.8. The molecule has 442 valence electrons. The molecule has 14 aromatic rings. The van der Waals surface area contributed by atoms with E-state index >= 15 is 8.78 Å². The van der Waals surface area contributed by atoms with Crippen LogP contribution in [-0.4, -0.2) is 13.4 Å². The van der Waals surface area contributed by atoms with Crippen LogP contribution in [0.5, 0.6) is 0 Å². The SMILES string of the molecule is Fc1cccc(F)c1N1c2cc3c(cc2B2c4ccccc4N(c4ccccc4)c4cc(N(c5ccc(-c6ccccc6)cc5)c5cccc(-c6ccccc6)c5)cc1c42)B1c2ccccc2N(c2ccccc2)c2cc(N(c4ccccc4)c4ccccc4)cc(c21)S3. The summed E-state index contributed by atoms with van der Waals surface area (Å²) in [5.74, 6) is -1.34. The van der Waals surface area contributed by atoms with Gasteiger partial charge >= 0.3 is 0 Å². The summed E-state index contributed by atoms with van der Waals surface area (Å²) in [4.78, 5) is 13.4. The van der Waals surface area contributed by atoms with Crippen molar-refractivity contribution < 1.29 is 8.78 Å². The number of hydrogen-bond donors (Lipinski definition) is 0. The van der Waals surface area contributed by atoms with Crippen LogP contribution in [0, 0.1) is 11.6 Å². The third-order valence-electron chi connectivity index (χ3n) is 18.9. The first-order valence-electron chi connectivity index (χ1n) is 31.8. The molecule has 0 atom stereocenters. The summed E-state index contributed by atoms with van der Waals surface area (Å²) in [5.41, 5.74) is 23.8. The lowest BCUT2D eigenvalue weighted by molar-refractivity contribution is 0.586. The van der Waals surface area contributed by atoms with Gasteiger partial charge in [0, 0.05) is 83.7 Å². The second-order valence-corrected chi connectivity index (χ2v) is 25.3. The van der Waals surface area contributed by atoms with Crippen molar-refractivity contribution in [2.75, 3.05) is 24.5 Å². The van der Waals surface area contributed by atoms with Crippen LogP contribution in [0.2, 0.25) is 0 Å². The minimum atomic E-state index is -0.669. The summed E-state index contributed by atoms with van der Waals surface area (Å²) < 4.78 is 35.6. The van der Waals surface area contributed by atoms with Crippen LogP contribution in [0.15, 0.2) is 343 Å². The number of hydrogen-bond acceptors (Lipinski definition) is 6. The minimum Gasteiger partial charge on any atom is -0.311 e. The van der Waals surface area contributed by atoms with E-state index in [-0.39, 0.29) is 19.1 Å². The molecule has 0 saturated carbocycles. The predicted molar refractivity (Wildman–Crippen MR) is 391 cm³/mol. The number of halogens is 2. The largest absolute Gasteiger partial charge is 0.311 e. The highest BCUT2D eigenvalue weighted by molar-refractivity contribution is 8.00. The molecule has 0 fully saturated rings. The Hall–Kier alpha value is -11.6. The number of nitrogens with zero attached hydrogens (tertiary/aromatic N) is 5. The smallest absolute Gasteiger partial charge is 0.252 e. The molecule has 4 aliphatic rings. The summed E-state index contributed by atoms with van der Waals surface area (Å²) in [6.07, 6.45) is 0. The van der Waals surface area contributed by atoms with Crippen molar-refractivity contribution in [3.8, 4) is 22.3 Å². The summed E-state index contributed by atoms with van der Waals surface area (Å²) in [5, 5.41) is 0. The molecule has 0 radical (unpaired) electrons. The molecule has 0 N–H and O–H groups in total. The van der Waals surface area contributed by atoms with Crippen molar-refractivity contribution >= 4 is 143 Å². The van der Waals surface area contributed by atoms with Crippen molar-refractivity contribution in [2.24, 2.45) is 0 Å². The molecular formula is C84H55B2F2N5S. The predicted octanol–water partition coefficient (Wildman–Crippen LogP) is 19.1. The van der Waals surface area contributed by atoms with Gasteiger partial charge in [0.15, 0.2) is 0 Å². The second kappa shape index (κ2) is 22.7. The van der Waals surface area contributed by atoms with Crippen LogP contribution in [0.3, 0.4) is 0 Å². The van der Waals surface area contributed by atoms with E-state index in [4.69, 9.17) is 0 Å². The van der Waals surface area contributed by atoms with Gasteiger partial charge in [0.05, 0.1) is 5.69 Å². The fraction of sp³-hybridized carbons (Fsp3) is 0. The molecule has 4 aliphatic heterocycles. The van der Waals surface area contributed by atoms with Crippen LogP contribution in [0.1, 0.15) is 0 Å². The molecule has 0 amide bonds. The molecule has 0 saturated heterocycles. The van der Waals surface area contributed by atoms with E-state index in [1.54, 1.807) is 11.8 Å². The Morgan fingerprint density at radius 3 is 1.24 bits per heavy atom. The first-order valence-corrected chi connectivity index (χ1v) is 32.7. The molecule has 94 heavy (non-hydrogen) atoms. The number of fused-ring (bicyclic) bond motifs is 8. The van der Waals surface area contributed by atoms with Crippen molar-refractivity contribution in [1.82, 2.24) is 0 Å². The maximum absolute atomic E-state index is 17.8. The van der Waals surface area contributed by atoms with Crippen molar-refractivity contribution in [3.05, 3.63) is 345 Å². The Morgan fingerprint density at radius 1 is 0.255 bits per heavy atom. The van der Waals surface area contributed by atoms with E-state index in [2.05, 4.69) is 317 Å². The van der Waals surface area contributed by atoms with Gasteiger partial charge < -0.3 is 24.5 Å². The summed E-state index contributed by atoms with van der Waals surface area (Å²) >= 11 is 1.73. The standard InChI is InChI=1S/C84H55B2F2N5S/c87-72-41-24-42-73(88)84(72)93-76-55-80-71(86-69-40-20-22-44-75(69)92(63-36-17-6-18-37-63)79-52-67(53-81(94-80)83(79)86)89(60-30-11-3-12-31-60)61-32-13-4-14-33-61)54-70(76)85-68-39-19-21-43-74(68)91(62-34-15-5-16-35-62)77-50-66(51-78(93)82(77)85)90(64-47-45-58(46-48-64)56-25-7-1-8-26-56)65-38-23-29-59(49-65)57-27-9-2-10-28-57/h1-55H. The third kappa shape index (κ3) is 9.08. The third-order valence-corrected chi connectivity index (χ3v) is 20.1. The average molecular weight is 1230 g/mol. The number of benzene rings is 14. The average Bonchev–Trinajstić information content (AvgIpc) is 0.692. The van der Waals surface area contributed by atoms with E-state index in [1.807, 2.05) is 23.1 Å². The molecular weight excluding hydrogens is 1170 g/mol. The van der Waals surface area contributed by atoms with Crippen LogP contribution in [-0.2, 0) is 0 Å². The van der Waals surface area contributed by atoms with E-state index < -0.39 is 11.6 Å². The summed E-state index contributed by atoms with van der Waals surface area (Å²) in [7, 11) is 0. The van der Waals surface area contributed by atoms with Gasteiger partial charge in [-0.25, -0.2) is 8.78 Å². The topological polar surface area (TPSA) is 16.2 Å². The molecule has 0 spiro atoms. The van der Waals surface area contributed by atoms with Crippen molar-refractivity contribution in [3.63, 3.8) is 0 Å². The van der Waals surface area contributed by atoms with E-state index in [9.17, 15) is 0 Å². The molecule has 0 aromatic heterocycles. The van der Waals surface area contributed by atoms with Crippen molar-refractivity contribution in [1.29, 1.82) is 0 Å². The van der Waals surface area contributed by atoms with Gasteiger partial charge in [-0.1, -0.05) is 223 Å². The highest BCUT2D eigenvalue weighted by atomic mass is 32.2. The summed E-state index contributed by atoms with van der Waals surface area (Å²) in [6.45, 7) is -0.617. The van der Waals surface area contributed by atoms with E-state index in [0.717, 1.165) is 122 Å². The van der Waals surface area contributed by atoms with Crippen molar-refractivity contribution in [2.45, 2.75) is 9.79 Å². The molecule has 0 aliphatic carbocycles. The Labute approximate surface area is 550 Å². The molecule has 14 aromatic carbocycles. The fourth-order valence-electron chi connectivity index (χ4n) is 15.0. The minimum absolute atomic E-state index is 0.148. The van der Waals surface area contributed by atoms with Crippen LogP contribution < -0.4 is 57.3 Å². The maximum Gasteiger partial charge on any atom is 0.252 e. The fourth-order valence-corrected chi connectivity index (χ4v) is 16.2. The Kier molecular flexibility index (Phi) is 13.3.